The molecule has 192 valence electrons. The fraction of sp³-hybridized carbons (Fsp3) is 0.462. The van der Waals surface area contributed by atoms with Gasteiger partial charge in [0.05, 0.1) is 19.1 Å². The first-order chi connectivity index (χ1) is 16.3. The molecule has 9 heteroatoms. The quantitative estimate of drug-likeness (QED) is 0.508. The molecule has 0 heterocycles. The second-order valence-corrected chi connectivity index (χ2v) is 11.2. The van der Waals surface area contributed by atoms with Gasteiger partial charge in [-0.15, -0.1) is 0 Å². The molecule has 2 aromatic carbocycles. The maximum atomic E-state index is 13.6. The third kappa shape index (κ3) is 7.99. The Kier molecular flexibility index (Phi) is 9.71. The van der Waals surface area contributed by atoms with Gasteiger partial charge in [-0.1, -0.05) is 43.7 Å². The summed E-state index contributed by atoms with van der Waals surface area (Å²) in [6.45, 7) is 9.51. The molecule has 1 N–H and O–H groups in total. The molecule has 0 bridgehead atoms. The molecule has 0 aromatic heterocycles. The van der Waals surface area contributed by atoms with E-state index in [-0.39, 0.29) is 18.4 Å². The molecule has 2 amide bonds. The summed E-state index contributed by atoms with van der Waals surface area (Å²) < 4.78 is 31.8. The average Bonchev–Trinajstić information content (AvgIpc) is 2.78. The summed E-state index contributed by atoms with van der Waals surface area (Å²) in [6.07, 6.45) is 1.07. The third-order valence-corrected chi connectivity index (χ3v) is 6.77. The molecule has 0 spiro atoms. The molecule has 0 aliphatic heterocycles. The van der Waals surface area contributed by atoms with E-state index in [1.54, 1.807) is 51.3 Å². The lowest BCUT2D eigenvalue weighted by Crippen LogP contribution is -2.51. The monoisotopic (exact) mass is 503 g/mol. The fourth-order valence-electron chi connectivity index (χ4n) is 3.68. The topological polar surface area (TPSA) is 96.0 Å². The summed E-state index contributed by atoms with van der Waals surface area (Å²) in [4.78, 5) is 27.9. The number of ether oxygens (including phenoxy) is 1. The molecule has 1 atom stereocenters. The number of sulfonamides is 1. The van der Waals surface area contributed by atoms with Crippen LogP contribution in [0.15, 0.2) is 42.5 Å². The predicted molar refractivity (Wildman–Crippen MR) is 139 cm³/mol. The van der Waals surface area contributed by atoms with Gasteiger partial charge in [-0.2, -0.15) is 0 Å². The summed E-state index contributed by atoms with van der Waals surface area (Å²) >= 11 is 0. The predicted octanol–water partition coefficient (Wildman–Crippen LogP) is 3.27. The second kappa shape index (κ2) is 12.1. The first-order valence-electron chi connectivity index (χ1n) is 11.6. The lowest BCUT2D eigenvalue weighted by molar-refractivity contribution is -0.139. The number of aryl methyl sites for hydroxylation is 2. The van der Waals surface area contributed by atoms with Crippen LogP contribution in [-0.2, 0) is 26.2 Å². The molecule has 0 saturated heterocycles. The van der Waals surface area contributed by atoms with Crippen molar-refractivity contribution >= 4 is 27.5 Å². The van der Waals surface area contributed by atoms with E-state index in [4.69, 9.17) is 4.74 Å². The Morgan fingerprint density at radius 3 is 2.31 bits per heavy atom. The lowest BCUT2D eigenvalue weighted by atomic mass is 10.1. The smallest absolute Gasteiger partial charge is 0.244 e. The molecule has 0 fully saturated rings. The highest BCUT2D eigenvalue weighted by Gasteiger charge is 2.30. The Morgan fingerprint density at radius 1 is 1.06 bits per heavy atom. The van der Waals surface area contributed by atoms with Gasteiger partial charge in [0.15, 0.2) is 0 Å². The molecule has 0 aliphatic rings. The van der Waals surface area contributed by atoms with Crippen molar-refractivity contribution in [3.63, 3.8) is 0 Å². The summed E-state index contributed by atoms with van der Waals surface area (Å²) in [7, 11) is -2.21. The van der Waals surface area contributed by atoms with Gasteiger partial charge < -0.3 is 15.0 Å². The first-order valence-corrected chi connectivity index (χ1v) is 13.4. The van der Waals surface area contributed by atoms with Crippen molar-refractivity contribution < 1.29 is 22.7 Å². The minimum absolute atomic E-state index is 0.122. The molecule has 0 radical (unpaired) electrons. The molecule has 0 saturated carbocycles. The van der Waals surface area contributed by atoms with Crippen molar-refractivity contribution in [2.24, 2.45) is 5.92 Å². The van der Waals surface area contributed by atoms with Gasteiger partial charge in [-0.05, 0) is 56.0 Å². The molecule has 2 rings (SSSR count). The summed E-state index contributed by atoms with van der Waals surface area (Å²) in [6, 6.07) is 11.8. The summed E-state index contributed by atoms with van der Waals surface area (Å²) in [5.74, 6) is 0.0940. The van der Waals surface area contributed by atoms with Gasteiger partial charge in [0.2, 0.25) is 21.8 Å². The summed E-state index contributed by atoms with van der Waals surface area (Å²) in [5, 5.41) is 2.87. The van der Waals surface area contributed by atoms with Crippen molar-refractivity contribution in [2.45, 2.75) is 47.2 Å². The Labute approximate surface area is 209 Å². The number of benzene rings is 2. The number of hydrogen-bond acceptors (Lipinski definition) is 5. The molecular weight excluding hydrogens is 466 g/mol. The first kappa shape index (κ1) is 28.2. The molecule has 2 aromatic rings. The van der Waals surface area contributed by atoms with E-state index in [1.165, 1.54) is 4.90 Å². The van der Waals surface area contributed by atoms with Crippen molar-refractivity contribution in [3.05, 3.63) is 59.2 Å². The van der Waals surface area contributed by atoms with Crippen molar-refractivity contribution in [3.8, 4) is 5.75 Å². The van der Waals surface area contributed by atoms with Gasteiger partial charge >= 0.3 is 0 Å². The molecular formula is C26H37N3O5S. The van der Waals surface area contributed by atoms with Crippen molar-refractivity contribution in [2.75, 3.05) is 30.8 Å². The maximum Gasteiger partial charge on any atom is 0.244 e. The third-order valence-electron chi connectivity index (χ3n) is 5.64. The fourth-order valence-corrected chi connectivity index (χ4v) is 4.59. The number of methoxy groups -OCH3 is 1. The molecule has 0 aliphatic carbocycles. The van der Waals surface area contributed by atoms with Crippen LogP contribution < -0.4 is 14.4 Å². The van der Waals surface area contributed by atoms with Gasteiger partial charge in [0.25, 0.3) is 0 Å². The summed E-state index contributed by atoms with van der Waals surface area (Å²) in [5.41, 5.74) is 2.93. The van der Waals surface area contributed by atoms with E-state index in [1.807, 2.05) is 32.9 Å². The van der Waals surface area contributed by atoms with Crippen LogP contribution >= 0.6 is 0 Å². The van der Waals surface area contributed by atoms with Crippen LogP contribution in [0.25, 0.3) is 0 Å². The Bertz CT molecular complexity index is 1150. The number of amides is 2. The molecule has 0 unspecified atom stereocenters. The zero-order chi connectivity index (χ0) is 26.3. The minimum atomic E-state index is -3.77. The highest BCUT2D eigenvalue weighted by Crippen LogP contribution is 2.24. The number of rotatable bonds is 11. The minimum Gasteiger partial charge on any atom is -0.497 e. The molecule has 8 nitrogen and oxygen atoms in total. The number of hydrogen-bond donors (Lipinski definition) is 1. The zero-order valence-corrected chi connectivity index (χ0v) is 22.5. The van der Waals surface area contributed by atoms with Gasteiger partial charge in [-0.3, -0.25) is 13.9 Å². The van der Waals surface area contributed by atoms with Gasteiger partial charge in [0.1, 0.15) is 18.3 Å². The SMILES string of the molecule is COc1cccc(CN(C(=O)CN(c2ccc(C)cc2C)S(C)(=O)=O)[C@@H](C)C(=O)NCC(C)C)c1. The van der Waals surface area contributed by atoms with E-state index >= 15 is 0 Å². The van der Waals surface area contributed by atoms with Crippen LogP contribution in [-0.4, -0.2) is 57.6 Å². The van der Waals surface area contributed by atoms with E-state index in [9.17, 15) is 18.0 Å². The van der Waals surface area contributed by atoms with Crippen LogP contribution in [0.2, 0.25) is 0 Å². The zero-order valence-electron chi connectivity index (χ0n) is 21.7. The van der Waals surface area contributed by atoms with Crippen LogP contribution in [0, 0.1) is 19.8 Å². The lowest BCUT2D eigenvalue weighted by Gasteiger charge is -2.32. The van der Waals surface area contributed by atoms with E-state index in [2.05, 4.69) is 5.32 Å². The normalized spacial score (nSPS) is 12.2. The van der Waals surface area contributed by atoms with Crippen LogP contribution in [0.5, 0.6) is 5.75 Å². The number of nitrogens with zero attached hydrogens (tertiary/aromatic N) is 2. The average molecular weight is 504 g/mol. The number of carbonyl (C=O) groups excluding carboxylic acids is 2. The van der Waals surface area contributed by atoms with Crippen molar-refractivity contribution in [1.29, 1.82) is 0 Å². The standard InChI is InChI=1S/C26H37N3O5S/c1-18(2)15-27-26(31)21(5)28(16-22-9-8-10-23(14-22)34-6)25(30)17-29(35(7,32)33)24-12-11-19(3)13-20(24)4/h8-14,18,21H,15-17H2,1-7H3,(H,27,31)/t21-/m0/s1. The number of nitrogens with one attached hydrogen (secondary N) is 1. The largest absolute Gasteiger partial charge is 0.497 e. The maximum absolute atomic E-state index is 13.6. The van der Waals surface area contributed by atoms with Crippen molar-refractivity contribution in [1.82, 2.24) is 10.2 Å². The van der Waals surface area contributed by atoms with Crippen LogP contribution in [0.4, 0.5) is 5.69 Å². The van der Waals surface area contributed by atoms with Gasteiger partial charge in [0, 0.05) is 13.1 Å². The highest BCUT2D eigenvalue weighted by atomic mass is 32.2. The van der Waals surface area contributed by atoms with Crippen LogP contribution in [0.3, 0.4) is 0 Å². The van der Waals surface area contributed by atoms with E-state index in [0.717, 1.165) is 27.3 Å². The number of carbonyl (C=O) groups is 2. The Morgan fingerprint density at radius 2 is 1.74 bits per heavy atom. The molecule has 35 heavy (non-hydrogen) atoms. The Hall–Kier alpha value is -3.07. The van der Waals surface area contributed by atoms with Gasteiger partial charge in [-0.25, -0.2) is 8.42 Å². The van der Waals surface area contributed by atoms with E-state index in [0.29, 0.717) is 18.0 Å². The second-order valence-electron chi connectivity index (χ2n) is 9.25. The van der Waals surface area contributed by atoms with E-state index < -0.39 is 28.5 Å². The Balaban J connectivity index is 2.41. The number of anilines is 1. The highest BCUT2D eigenvalue weighted by molar-refractivity contribution is 7.92. The van der Waals surface area contributed by atoms with Crippen LogP contribution in [0.1, 0.15) is 37.5 Å².